The molecule has 2 aromatic heterocycles. The topological polar surface area (TPSA) is 266 Å². The van der Waals surface area contributed by atoms with Gasteiger partial charge in [0.15, 0.2) is 17.1 Å². The molecule has 3 heterocycles. The fraction of sp³-hybridized carbons (Fsp3) is 0.426. The number of thiazole rings is 1. The zero-order valence-corrected chi connectivity index (χ0v) is 43.4. The standard InChI is InChI=1S/C54H62FN9O10S/c1-29-45(75-28-58-29)32-11-9-31(10-12-32)39(60-49(70)41-24-35(65)27-64(41)51(72)46(53(2,3)4)61-52(73)54(55)18-19-54)26-44(67)56-20-7-21-57-47(68)34-13-8-30-15-17-38(37(30)22-34)59-48(69)40-25-43(74-62-40)33-14-16-36(42(66)23-33)50(71)63(5)6/h8-14,16,22-23,25,28,35,38-39,41,46,65-66H,7,15,17-21,24,26-27H2,1-6H3,(H,56,67)(H,57,68)(H,59,69)(H,60,70)(H,61,73)/t35-,38-,39+,41+,46-/m1/s1. The number of likely N-dealkylation sites (tertiary alicyclic amines) is 1. The molecule has 1 aliphatic heterocycles. The van der Waals surface area contributed by atoms with E-state index in [-0.39, 0.29) is 79.9 Å². The van der Waals surface area contributed by atoms with Gasteiger partial charge in [-0.25, -0.2) is 9.37 Å². The average Bonchev–Trinajstić information content (AvgIpc) is 3.85. The second kappa shape index (κ2) is 22.1. The van der Waals surface area contributed by atoms with E-state index >= 15 is 0 Å². The van der Waals surface area contributed by atoms with Crippen LogP contribution in [0.15, 0.2) is 76.8 Å². The van der Waals surface area contributed by atoms with Crippen LogP contribution in [0.3, 0.4) is 0 Å². The van der Waals surface area contributed by atoms with Crippen molar-refractivity contribution < 1.29 is 52.7 Å². The van der Waals surface area contributed by atoms with Gasteiger partial charge in [-0.1, -0.05) is 62.3 Å². The predicted octanol–water partition coefficient (Wildman–Crippen LogP) is 5.08. The van der Waals surface area contributed by atoms with Gasteiger partial charge in [0.25, 0.3) is 23.6 Å². The predicted molar refractivity (Wildman–Crippen MR) is 275 cm³/mol. The largest absolute Gasteiger partial charge is 0.507 e. The number of β-amino-alcohol motifs (C(OH)–C–C–N with tert-alkyl or cyclic N) is 1. The van der Waals surface area contributed by atoms with Crippen LogP contribution in [-0.2, 0) is 25.6 Å². The summed E-state index contributed by atoms with van der Waals surface area (Å²) in [6.07, 6.45) is 0.422. The van der Waals surface area contributed by atoms with Gasteiger partial charge in [0.05, 0.1) is 46.3 Å². The van der Waals surface area contributed by atoms with Crippen LogP contribution in [0.25, 0.3) is 21.8 Å². The summed E-state index contributed by atoms with van der Waals surface area (Å²) in [4.78, 5) is 102. The molecule has 2 aliphatic carbocycles. The van der Waals surface area contributed by atoms with Gasteiger partial charge in [0.1, 0.15) is 17.8 Å². The molecule has 19 nitrogen and oxygen atoms in total. The van der Waals surface area contributed by atoms with Crippen LogP contribution in [0, 0.1) is 12.3 Å². The molecule has 5 atom stereocenters. The lowest BCUT2D eigenvalue weighted by Gasteiger charge is -2.36. The van der Waals surface area contributed by atoms with Gasteiger partial charge in [0.2, 0.25) is 17.7 Å². The first-order valence-electron chi connectivity index (χ1n) is 24.9. The first-order chi connectivity index (χ1) is 35.6. The number of phenols is 1. The van der Waals surface area contributed by atoms with E-state index in [9.17, 15) is 48.2 Å². The lowest BCUT2D eigenvalue weighted by molar-refractivity contribution is -0.145. The molecule has 1 saturated carbocycles. The lowest BCUT2D eigenvalue weighted by atomic mass is 9.85. The van der Waals surface area contributed by atoms with Crippen LogP contribution in [0.1, 0.15) is 125 Å². The Morgan fingerprint density at radius 2 is 1.65 bits per heavy atom. The number of halogens is 1. The van der Waals surface area contributed by atoms with Crippen LogP contribution in [0.2, 0.25) is 0 Å². The molecule has 3 aromatic carbocycles. The first kappa shape index (κ1) is 53.8. The Morgan fingerprint density at radius 3 is 2.32 bits per heavy atom. The molecule has 396 valence electrons. The Bertz CT molecular complexity index is 3000. The van der Waals surface area contributed by atoms with Gasteiger partial charge in [-0.3, -0.25) is 33.6 Å². The number of carbonyl (C=O) groups is 7. The van der Waals surface area contributed by atoms with Crippen molar-refractivity contribution in [3.05, 3.63) is 111 Å². The fourth-order valence-electron chi connectivity index (χ4n) is 9.31. The normalized spacial score (nSPS) is 18.3. The second-order valence-electron chi connectivity index (χ2n) is 20.7. The molecule has 0 radical (unpaired) electrons. The van der Waals surface area contributed by atoms with Crippen molar-refractivity contribution in [2.45, 2.75) is 109 Å². The summed E-state index contributed by atoms with van der Waals surface area (Å²) in [6, 6.07) is 14.9. The molecule has 8 rings (SSSR count). The highest BCUT2D eigenvalue weighted by Gasteiger charge is 2.53. The number of aromatic nitrogens is 2. The van der Waals surface area contributed by atoms with E-state index in [4.69, 9.17) is 4.52 Å². The number of aryl methyl sites for hydroxylation is 2. The zero-order chi connectivity index (χ0) is 53.9. The number of nitrogens with one attached hydrogen (secondary N) is 5. The number of hydrogen-bond donors (Lipinski definition) is 7. The summed E-state index contributed by atoms with van der Waals surface area (Å²) in [6.45, 7) is 7.28. The third-order valence-corrected chi connectivity index (χ3v) is 14.8. The highest BCUT2D eigenvalue weighted by molar-refractivity contribution is 7.13. The molecule has 75 heavy (non-hydrogen) atoms. The van der Waals surface area contributed by atoms with Crippen molar-refractivity contribution in [1.29, 1.82) is 0 Å². The van der Waals surface area contributed by atoms with Gasteiger partial charge < -0.3 is 51.1 Å². The number of fused-ring (bicyclic) bond motifs is 1. The number of nitrogens with zero attached hydrogens (tertiary/aromatic N) is 4. The average molecular weight is 1050 g/mol. The Kier molecular flexibility index (Phi) is 15.9. The molecule has 2 fully saturated rings. The number of amides is 7. The minimum atomic E-state index is -2.03. The number of hydrogen-bond acceptors (Lipinski definition) is 13. The van der Waals surface area contributed by atoms with Gasteiger partial charge in [-0.15, -0.1) is 11.3 Å². The first-order valence-corrected chi connectivity index (χ1v) is 25.8. The van der Waals surface area contributed by atoms with Gasteiger partial charge in [-0.2, -0.15) is 0 Å². The van der Waals surface area contributed by atoms with Gasteiger partial charge in [0, 0.05) is 57.3 Å². The number of alkyl halides is 1. The van der Waals surface area contributed by atoms with Crippen LogP contribution in [0.4, 0.5) is 4.39 Å². The summed E-state index contributed by atoms with van der Waals surface area (Å²) in [5.74, 6) is -3.77. The van der Waals surface area contributed by atoms with E-state index in [1.165, 1.54) is 39.3 Å². The molecule has 0 spiro atoms. The van der Waals surface area contributed by atoms with Crippen molar-refractivity contribution in [3.63, 3.8) is 0 Å². The number of benzene rings is 3. The monoisotopic (exact) mass is 1050 g/mol. The number of phenolic OH excluding ortho intramolecular Hbond substituents is 1. The van der Waals surface area contributed by atoms with Crippen molar-refractivity contribution >= 4 is 52.7 Å². The van der Waals surface area contributed by atoms with E-state index in [0.717, 1.165) is 27.3 Å². The summed E-state index contributed by atoms with van der Waals surface area (Å²) >= 11 is 1.48. The number of aliphatic hydroxyl groups is 1. The Labute approximate surface area is 437 Å². The minimum Gasteiger partial charge on any atom is -0.507 e. The SMILES string of the molecule is Cc1ncsc1-c1ccc([C@H](CC(=O)NCCCNC(=O)c2ccc3c(c2)[C@H](NC(=O)c2cc(-c4ccc(C(=O)N(C)C)c(O)c4)on2)CC3)NC(=O)[C@@H]2C[C@@H](O)CN2C(=O)[C@@H](NC(=O)C2(F)CC2)C(C)(C)C)cc1. The van der Waals surface area contributed by atoms with Crippen LogP contribution in [0.5, 0.6) is 5.75 Å². The van der Waals surface area contributed by atoms with Crippen molar-refractivity contribution in [2.24, 2.45) is 5.41 Å². The summed E-state index contributed by atoms with van der Waals surface area (Å²) < 4.78 is 20.2. The molecule has 21 heteroatoms. The Morgan fingerprint density at radius 1 is 0.933 bits per heavy atom. The summed E-state index contributed by atoms with van der Waals surface area (Å²) in [5, 5.41) is 39.4. The molecule has 3 aliphatic rings. The third kappa shape index (κ3) is 12.4. The van der Waals surface area contributed by atoms with E-state index in [1.54, 1.807) is 70.7 Å². The second-order valence-corrected chi connectivity index (χ2v) is 21.6. The van der Waals surface area contributed by atoms with E-state index in [1.807, 2.05) is 25.1 Å². The molecule has 5 aromatic rings. The fourth-order valence-corrected chi connectivity index (χ4v) is 10.1. The number of carbonyl (C=O) groups excluding carboxylic acids is 7. The molecular weight excluding hydrogens is 986 g/mol. The van der Waals surface area contributed by atoms with Crippen LogP contribution in [-0.4, -0.2) is 129 Å². The maximum absolute atomic E-state index is 14.8. The molecule has 0 unspecified atom stereocenters. The third-order valence-electron chi connectivity index (χ3n) is 13.8. The number of aliphatic hydroxyl groups excluding tert-OH is 1. The lowest BCUT2D eigenvalue weighted by Crippen LogP contribution is -2.59. The quantitative estimate of drug-likeness (QED) is 0.0567. The van der Waals surface area contributed by atoms with Gasteiger partial charge in [-0.05, 0) is 91.0 Å². The van der Waals surface area contributed by atoms with E-state index in [2.05, 4.69) is 36.7 Å². The smallest absolute Gasteiger partial charge is 0.273 e. The number of aromatic hydroxyl groups is 1. The maximum Gasteiger partial charge on any atom is 0.273 e. The van der Waals surface area contributed by atoms with E-state index in [0.29, 0.717) is 36.0 Å². The highest BCUT2D eigenvalue weighted by atomic mass is 32.1. The zero-order valence-electron chi connectivity index (χ0n) is 42.6. The van der Waals surface area contributed by atoms with Crippen molar-refractivity contribution in [3.8, 4) is 27.5 Å². The summed E-state index contributed by atoms with van der Waals surface area (Å²) in [5.41, 5.74) is 3.91. The number of rotatable bonds is 18. The van der Waals surface area contributed by atoms with Crippen molar-refractivity contribution in [1.82, 2.24) is 46.5 Å². The Hall–Kier alpha value is -7.52. The maximum atomic E-state index is 14.8. The molecule has 0 bridgehead atoms. The van der Waals surface area contributed by atoms with Crippen LogP contribution < -0.4 is 26.6 Å². The molecule has 7 amide bonds. The Balaban J connectivity index is 0.859. The van der Waals surface area contributed by atoms with Crippen molar-refractivity contribution in [2.75, 3.05) is 33.7 Å². The van der Waals surface area contributed by atoms with Gasteiger partial charge >= 0.3 is 0 Å². The minimum absolute atomic E-state index is 0.00987. The summed E-state index contributed by atoms with van der Waals surface area (Å²) in [7, 11) is 3.15. The molecule has 7 N–H and O–H groups in total. The molecular formula is C54H62FN9O10S. The van der Waals surface area contributed by atoms with E-state index < -0.39 is 70.9 Å². The molecule has 1 saturated heterocycles. The highest BCUT2D eigenvalue weighted by Crippen LogP contribution is 2.41. The van der Waals surface area contributed by atoms with Crippen LogP contribution >= 0.6 is 11.3 Å².